The Morgan fingerprint density at radius 1 is 1.03 bits per heavy atom. The van der Waals surface area contributed by atoms with Crippen LogP contribution in [0.5, 0.6) is 11.5 Å². The molecule has 0 bridgehead atoms. The minimum absolute atomic E-state index is 0.0635. The number of ether oxygens (including phenoxy) is 3. The zero-order chi connectivity index (χ0) is 22.6. The van der Waals surface area contributed by atoms with Gasteiger partial charge >= 0.3 is 5.97 Å². The predicted molar refractivity (Wildman–Crippen MR) is 119 cm³/mol. The second-order valence-corrected chi connectivity index (χ2v) is 8.62. The number of amides is 1. The Bertz CT molecular complexity index is 934. The molecule has 4 rings (SSSR count). The van der Waals surface area contributed by atoms with E-state index in [4.69, 9.17) is 9.47 Å². The molecule has 32 heavy (non-hydrogen) atoms. The van der Waals surface area contributed by atoms with Crippen molar-refractivity contribution in [1.29, 1.82) is 0 Å². The third kappa shape index (κ3) is 5.22. The molecule has 2 aliphatic rings. The zero-order valence-corrected chi connectivity index (χ0v) is 18.3. The van der Waals surface area contributed by atoms with Gasteiger partial charge in [0.25, 0.3) is 0 Å². The van der Waals surface area contributed by atoms with Crippen molar-refractivity contribution in [3.05, 3.63) is 54.1 Å². The lowest BCUT2D eigenvalue weighted by atomic mass is 10.0. The summed E-state index contributed by atoms with van der Waals surface area (Å²) in [5.74, 6) is 1.09. The van der Waals surface area contributed by atoms with Crippen LogP contribution in [-0.4, -0.2) is 49.5 Å². The Labute approximate surface area is 187 Å². The number of hydrogen-bond donors (Lipinski definition) is 1. The number of benzene rings is 2. The van der Waals surface area contributed by atoms with Gasteiger partial charge in [-0.3, -0.25) is 4.79 Å². The van der Waals surface area contributed by atoms with Gasteiger partial charge in [-0.15, -0.1) is 0 Å². The van der Waals surface area contributed by atoms with Gasteiger partial charge in [0, 0.05) is 24.6 Å². The highest BCUT2D eigenvalue weighted by Crippen LogP contribution is 2.31. The first-order valence-corrected chi connectivity index (χ1v) is 11.0. The third-order valence-corrected chi connectivity index (χ3v) is 6.16. The van der Waals surface area contributed by atoms with E-state index in [2.05, 4.69) is 4.74 Å². The van der Waals surface area contributed by atoms with Crippen LogP contribution >= 0.6 is 0 Å². The molecule has 7 heteroatoms. The first kappa shape index (κ1) is 22.1. The normalized spacial score (nSPS) is 19.8. The number of methoxy groups -OCH3 is 1. The summed E-state index contributed by atoms with van der Waals surface area (Å²) in [6.45, 7) is 1.30. The fourth-order valence-electron chi connectivity index (χ4n) is 4.28. The van der Waals surface area contributed by atoms with Crippen molar-refractivity contribution in [3.8, 4) is 11.5 Å². The summed E-state index contributed by atoms with van der Waals surface area (Å²) in [5.41, 5.74) is 0.579. The van der Waals surface area contributed by atoms with Crippen molar-refractivity contribution < 1.29 is 28.9 Å². The Kier molecular flexibility index (Phi) is 6.65. The maximum atomic E-state index is 12.5. The molecule has 2 aromatic rings. The van der Waals surface area contributed by atoms with E-state index >= 15 is 0 Å². The maximum Gasteiger partial charge on any atom is 0.337 e. The lowest BCUT2D eigenvalue weighted by molar-refractivity contribution is -0.117. The summed E-state index contributed by atoms with van der Waals surface area (Å²) in [7, 11) is 1.34. The minimum Gasteiger partial charge on any atom is -0.493 e. The highest BCUT2D eigenvalue weighted by atomic mass is 16.5. The fourth-order valence-corrected chi connectivity index (χ4v) is 4.28. The van der Waals surface area contributed by atoms with Crippen LogP contribution in [-0.2, 0) is 9.53 Å². The van der Waals surface area contributed by atoms with Crippen molar-refractivity contribution in [3.63, 3.8) is 0 Å². The second-order valence-electron chi connectivity index (χ2n) is 8.62. The molecule has 1 heterocycles. The number of esters is 1. The summed E-state index contributed by atoms with van der Waals surface area (Å²) in [6, 6.07) is 14.2. The number of anilines is 1. The van der Waals surface area contributed by atoms with E-state index < -0.39 is 5.60 Å². The molecule has 1 saturated heterocycles. The highest BCUT2D eigenvalue weighted by molar-refractivity contribution is 5.95. The maximum absolute atomic E-state index is 12.5. The zero-order valence-electron chi connectivity index (χ0n) is 18.3. The van der Waals surface area contributed by atoms with E-state index in [9.17, 15) is 14.7 Å². The van der Waals surface area contributed by atoms with Crippen LogP contribution in [0.4, 0.5) is 5.69 Å². The summed E-state index contributed by atoms with van der Waals surface area (Å²) in [6.07, 6.45) is 4.07. The first-order chi connectivity index (χ1) is 15.5. The van der Waals surface area contributed by atoms with Gasteiger partial charge in [0.05, 0.1) is 24.9 Å². The van der Waals surface area contributed by atoms with Crippen molar-refractivity contribution in [2.45, 2.75) is 37.7 Å². The number of nitrogens with zero attached hydrogens (tertiary/aromatic N) is 1. The second kappa shape index (κ2) is 9.61. The van der Waals surface area contributed by atoms with Gasteiger partial charge in [0.2, 0.25) is 5.91 Å². The van der Waals surface area contributed by atoms with Gasteiger partial charge in [-0.25, -0.2) is 4.79 Å². The average Bonchev–Trinajstić information content (AvgIpc) is 3.42. The number of carbonyl (C=O) groups excluding carboxylic acids is 2. The smallest absolute Gasteiger partial charge is 0.337 e. The molecule has 2 fully saturated rings. The van der Waals surface area contributed by atoms with Gasteiger partial charge in [-0.05, 0) is 61.4 Å². The molecule has 0 radical (unpaired) electrons. The van der Waals surface area contributed by atoms with E-state index in [1.54, 1.807) is 29.2 Å². The van der Waals surface area contributed by atoms with Crippen LogP contribution in [0, 0.1) is 5.92 Å². The SMILES string of the molecule is COC(=O)c1ccc(OCC2CC(=O)N(c3ccc(OCC4(O)CCCC4)cc3)C2)cc1. The highest BCUT2D eigenvalue weighted by Gasteiger charge is 2.33. The molecule has 1 unspecified atom stereocenters. The van der Waals surface area contributed by atoms with Crippen LogP contribution in [0.15, 0.2) is 48.5 Å². The standard InChI is InChI=1S/C25H29NO6/c1-30-24(28)19-4-8-21(9-5-19)31-16-18-14-23(27)26(15-18)20-6-10-22(11-7-20)32-17-25(29)12-2-3-13-25/h4-11,18,29H,2-3,12-17H2,1H3. The molecule has 170 valence electrons. The van der Waals surface area contributed by atoms with Crippen molar-refractivity contribution in [2.75, 3.05) is 31.8 Å². The predicted octanol–water partition coefficient (Wildman–Crippen LogP) is 3.59. The fraction of sp³-hybridized carbons (Fsp3) is 0.440. The summed E-state index contributed by atoms with van der Waals surface area (Å²) < 4.78 is 16.3. The van der Waals surface area contributed by atoms with Gasteiger partial charge in [-0.2, -0.15) is 0 Å². The van der Waals surface area contributed by atoms with E-state index in [0.29, 0.717) is 43.2 Å². The monoisotopic (exact) mass is 439 g/mol. The van der Waals surface area contributed by atoms with Crippen LogP contribution in [0.3, 0.4) is 0 Å². The molecule has 1 amide bonds. The molecule has 1 N–H and O–H groups in total. The number of carbonyl (C=O) groups is 2. The van der Waals surface area contributed by atoms with Gasteiger partial charge in [-0.1, -0.05) is 12.8 Å². The summed E-state index contributed by atoms with van der Waals surface area (Å²) in [5, 5.41) is 10.4. The van der Waals surface area contributed by atoms with Crippen LogP contribution in [0.1, 0.15) is 42.5 Å². The summed E-state index contributed by atoms with van der Waals surface area (Å²) in [4.78, 5) is 25.8. The van der Waals surface area contributed by atoms with Crippen LogP contribution in [0.25, 0.3) is 0 Å². The van der Waals surface area contributed by atoms with Gasteiger partial charge in [0.15, 0.2) is 0 Å². The Balaban J connectivity index is 1.28. The largest absolute Gasteiger partial charge is 0.493 e. The molecule has 1 saturated carbocycles. The molecule has 0 spiro atoms. The molecule has 0 aromatic heterocycles. The molecule has 1 atom stereocenters. The average molecular weight is 440 g/mol. The Morgan fingerprint density at radius 2 is 1.66 bits per heavy atom. The number of aliphatic hydroxyl groups is 1. The first-order valence-electron chi connectivity index (χ1n) is 11.0. The van der Waals surface area contributed by atoms with Crippen molar-refractivity contribution >= 4 is 17.6 Å². The van der Waals surface area contributed by atoms with Crippen LogP contribution in [0.2, 0.25) is 0 Å². The number of rotatable bonds is 8. The van der Waals surface area contributed by atoms with Crippen molar-refractivity contribution in [1.82, 2.24) is 0 Å². The topological polar surface area (TPSA) is 85.3 Å². The molecule has 2 aromatic carbocycles. The summed E-state index contributed by atoms with van der Waals surface area (Å²) >= 11 is 0. The Morgan fingerprint density at radius 3 is 2.31 bits per heavy atom. The van der Waals surface area contributed by atoms with Crippen molar-refractivity contribution in [2.24, 2.45) is 5.92 Å². The van der Waals surface area contributed by atoms with E-state index in [-0.39, 0.29) is 17.8 Å². The Hall–Kier alpha value is -3.06. The van der Waals surface area contributed by atoms with E-state index in [1.807, 2.05) is 24.3 Å². The van der Waals surface area contributed by atoms with E-state index in [1.165, 1.54) is 7.11 Å². The molecular formula is C25H29NO6. The quantitative estimate of drug-likeness (QED) is 0.633. The lowest BCUT2D eigenvalue weighted by Crippen LogP contribution is -2.32. The number of hydrogen-bond acceptors (Lipinski definition) is 6. The van der Waals surface area contributed by atoms with E-state index in [0.717, 1.165) is 31.4 Å². The van der Waals surface area contributed by atoms with Gasteiger partial charge < -0.3 is 24.2 Å². The third-order valence-electron chi connectivity index (χ3n) is 6.16. The van der Waals surface area contributed by atoms with Gasteiger partial charge in [0.1, 0.15) is 18.1 Å². The molecule has 1 aliphatic carbocycles. The minimum atomic E-state index is -0.712. The molecule has 1 aliphatic heterocycles. The van der Waals surface area contributed by atoms with Crippen LogP contribution < -0.4 is 14.4 Å². The lowest BCUT2D eigenvalue weighted by Gasteiger charge is -2.22. The molecule has 7 nitrogen and oxygen atoms in total. The molecular weight excluding hydrogens is 410 g/mol.